The molecule has 0 radical (unpaired) electrons. The van der Waals surface area contributed by atoms with Crippen molar-refractivity contribution in [2.45, 2.75) is 39.8 Å². The molecular weight excluding hydrogens is 302 g/mol. The van der Waals surface area contributed by atoms with Crippen LogP contribution in [0.15, 0.2) is 39.5 Å². The molecule has 124 valence electrons. The Morgan fingerprint density at radius 2 is 1.96 bits per heavy atom. The second-order valence-electron chi connectivity index (χ2n) is 6.58. The van der Waals surface area contributed by atoms with Gasteiger partial charge in [-0.15, -0.1) is 0 Å². The molecule has 4 rings (SSSR count). The number of ether oxygens (including phenoxy) is 1. The van der Waals surface area contributed by atoms with E-state index >= 15 is 0 Å². The summed E-state index contributed by atoms with van der Waals surface area (Å²) in [5, 5.41) is 2.55. The topological polar surface area (TPSA) is 42.7 Å². The van der Waals surface area contributed by atoms with Gasteiger partial charge in [0, 0.05) is 29.1 Å². The first kappa shape index (κ1) is 15.2. The summed E-state index contributed by atoms with van der Waals surface area (Å²) in [5.74, 6) is 0.862. The van der Waals surface area contributed by atoms with E-state index in [1.54, 1.807) is 0 Å². The SMILES string of the molecule is CCC(C)N1COc2c(cc3c(oc(=O)c4ccccc43)c2C)C1. The summed E-state index contributed by atoms with van der Waals surface area (Å²) in [6.07, 6.45) is 1.09. The van der Waals surface area contributed by atoms with E-state index in [-0.39, 0.29) is 5.63 Å². The van der Waals surface area contributed by atoms with Gasteiger partial charge in [-0.05, 0) is 37.8 Å². The lowest BCUT2D eigenvalue weighted by molar-refractivity contribution is 0.0602. The van der Waals surface area contributed by atoms with Gasteiger partial charge >= 0.3 is 5.63 Å². The van der Waals surface area contributed by atoms with Crippen molar-refractivity contribution in [2.75, 3.05) is 6.73 Å². The first-order valence-electron chi connectivity index (χ1n) is 8.45. The first-order chi connectivity index (χ1) is 11.6. The van der Waals surface area contributed by atoms with Crippen LogP contribution in [0.5, 0.6) is 5.75 Å². The average Bonchev–Trinajstić information content (AvgIpc) is 2.62. The monoisotopic (exact) mass is 323 g/mol. The highest BCUT2D eigenvalue weighted by Gasteiger charge is 2.25. The lowest BCUT2D eigenvalue weighted by atomic mass is 9.99. The molecule has 1 aliphatic heterocycles. The summed E-state index contributed by atoms with van der Waals surface area (Å²) < 4.78 is 11.6. The summed E-state index contributed by atoms with van der Waals surface area (Å²) >= 11 is 0. The maximum Gasteiger partial charge on any atom is 0.344 e. The Hall–Kier alpha value is -2.33. The van der Waals surface area contributed by atoms with Crippen LogP contribution in [0, 0.1) is 6.92 Å². The van der Waals surface area contributed by atoms with Crippen molar-refractivity contribution in [2.24, 2.45) is 0 Å². The second-order valence-corrected chi connectivity index (χ2v) is 6.58. The molecule has 1 unspecified atom stereocenters. The third-order valence-corrected chi connectivity index (χ3v) is 5.13. The molecule has 0 bridgehead atoms. The van der Waals surface area contributed by atoms with Gasteiger partial charge in [-0.1, -0.05) is 25.1 Å². The Labute approximate surface area is 140 Å². The molecule has 1 atom stereocenters. The molecule has 2 heterocycles. The molecule has 1 aromatic heterocycles. The third-order valence-electron chi connectivity index (χ3n) is 5.13. The smallest absolute Gasteiger partial charge is 0.344 e. The normalized spacial score (nSPS) is 16.1. The van der Waals surface area contributed by atoms with E-state index in [4.69, 9.17) is 9.15 Å². The van der Waals surface area contributed by atoms with E-state index in [0.29, 0.717) is 23.7 Å². The minimum Gasteiger partial charge on any atom is -0.477 e. The first-order valence-corrected chi connectivity index (χ1v) is 8.45. The zero-order chi connectivity index (χ0) is 16.8. The van der Waals surface area contributed by atoms with Crippen molar-refractivity contribution < 1.29 is 9.15 Å². The lowest BCUT2D eigenvalue weighted by Crippen LogP contribution is -2.38. The molecule has 0 amide bonds. The maximum atomic E-state index is 12.3. The largest absolute Gasteiger partial charge is 0.477 e. The number of fused-ring (bicyclic) bond motifs is 4. The predicted molar refractivity (Wildman–Crippen MR) is 95.5 cm³/mol. The standard InChI is InChI=1S/C20H21NO3/c1-4-12(2)21-10-14-9-17-15-7-5-6-8-16(15)20(22)24-19(17)13(3)18(14)23-11-21/h5-9,12H,4,10-11H2,1-3H3. The fraction of sp³-hybridized carbons (Fsp3) is 0.350. The van der Waals surface area contributed by atoms with Crippen LogP contribution in [0.4, 0.5) is 0 Å². The quantitative estimate of drug-likeness (QED) is 0.523. The van der Waals surface area contributed by atoms with Crippen LogP contribution < -0.4 is 10.4 Å². The molecule has 0 aliphatic carbocycles. The highest BCUT2D eigenvalue weighted by molar-refractivity contribution is 6.06. The molecular formula is C20H21NO3. The molecule has 0 saturated heterocycles. The van der Waals surface area contributed by atoms with Gasteiger partial charge in [0.2, 0.25) is 0 Å². The van der Waals surface area contributed by atoms with Crippen LogP contribution in [-0.2, 0) is 6.54 Å². The highest BCUT2D eigenvalue weighted by Crippen LogP contribution is 2.37. The number of aryl methyl sites for hydroxylation is 1. The van der Waals surface area contributed by atoms with Crippen molar-refractivity contribution in [3.63, 3.8) is 0 Å². The zero-order valence-corrected chi connectivity index (χ0v) is 14.3. The Morgan fingerprint density at radius 3 is 2.71 bits per heavy atom. The fourth-order valence-corrected chi connectivity index (χ4v) is 3.50. The molecule has 1 aliphatic rings. The van der Waals surface area contributed by atoms with Crippen molar-refractivity contribution in [3.8, 4) is 5.75 Å². The van der Waals surface area contributed by atoms with Crippen molar-refractivity contribution in [1.29, 1.82) is 0 Å². The van der Waals surface area contributed by atoms with Gasteiger partial charge in [0.15, 0.2) is 0 Å². The summed E-state index contributed by atoms with van der Waals surface area (Å²) in [4.78, 5) is 14.6. The van der Waals surface area contributed by atoms with Crippen LogP contribution in [0.25, 0.3) is 21.7 Å². The van der Waals surface area contributed by atoms with E-state index in [0.717, 1.165) is 40.6 Å². The van der Waals surface area contributed by atoms with Gasteiger partial charge in [-0.25, -0.2) is 4.79 Å². The minimum absolute atomic E-state index is 0.293. The van der Waals surface area contributed by atoms with Crippen LogP contribution in [0.1, 0.15) is 31.4 Å². The van der Waals surface area contributed by atoms with Crippen molar-refractivity contribution >= 4 is 21.7 Å². The molecule has 2 aromatic carbocycles. The number of benzene rings is 2. The number of rotatable bonds is 2. The van der Waals surface area contributed by atoms with Gasteiger partial charge in [-0.3, -0.25) is 4.90 Å². The molecule has 24 heavy (non-hydrogen) atoms. The Morgan fingerprint density at radius 1 is 1.21 bits per heavy atom. The Kier molecular flexibility index (Phi) is 3.57. The maximum absolute atomic E-state index is 12.3. The van der Waals surface area contributed by atoms with Gasteiger partial charge < -0.3 is 9.15 Å². The Balaban J connectivity index is 1.98. The van der Waals surface area contributed by atoms with E-state index in [1.807, 2.05) is 31.2 Å². The number of nitrogens with zero attached hydrogens (tertiary/aromatic N) is 1. The number of hydrogen-bond acceptors (Lipinski definition) is 4. The minimum atomic E-state index is -0.293. The molecule has 0 saturated carbocycles. The van der Waals surface area contributed by atoms with E-state index in [2.05, 4.69) is 24.8 Å². The van der Waals surface area contributed by atoms with Crippen LogP contribution in [0.3, 0.4) is 0 Å². The van der Waals surface area contributed by atoms with Crippen molar-refractivity contribution in [1.82, 2.24) is 4.90 Å². The van der Waals surface area contributed by atoms with Crippen LogP contribution in [-0.4, -0.2) is 17.7 Å². The Bertz CT molecular complexity index is 989. The molecule has 0 spiro atoms. The highest BCUT2D eigenvalue weighted by atomic mass is 16.5. The van der Waals surface area contributed by atoms with E-state index in [9.17, 15) is 4.79 Å². The van der Waals surface area contributed by atoms with Gasteiger partial charge in [-0.2, -0.15) is 0 Å². The molecule has 4 nitrogen and oxygen atoms in total. The van der Waals surface area contributed by atoms with Gasteiger partial charge in [0.1, 0.15) is 18.1 Å². The summed E-state index contributed by atoms with van der Waals surface area (Å²) in [6, 6.07) is 10.2. The summed E-state index contributed by atoms with van der Waals surface area (Å²) in [6.45, 7) is 7.81. The average molecular weight is 323 g/mol. The zero-order valence-electron chi connectivity index (χ0n) is 14.3. The predicted octanol–water partition coefficient (Wildman–Crippen LogP) is 4.21. The molecule has 4 heteroatoms. The van der Waals surface area contributed by atoms with Crippen molar-refractivity contribution in [3.05, 3.63) is 51.9 Å². The third kappa shape index (κ3) is 2.21. The molecule has 0 N–H and O–H groups in total. The fourth-order valence-electron chi connectivity index (χ4n) is 3.50. The van der Waals surface area contributed by atoms with E-state index < -0.39 is 0 Å². The van der Waals surface area contributed by atoms with E-state index in [1.165, 1.54) is 0 Å². The van der Waals surface area contributed by atoms with Gasteiger partial charge in [0.05, 0.1) is 5.39 Å². The van der Waals surface area contributed by atoms with Gasteiger partial charge in [0.25, 0.3) is 0 Å². The lowest BCUT2D eigenvalue weighted by Gasteiger charge is -2.34. The van der Waals surface area contributed by atoms with Crippen LogP contribution in [0.2, 0.25) is 0 Å². The summed E-state index contributed by atoms with van der Waals surface area (Å²) in [7, 11) is 0. The number of hydrogen-bond donors (Lipinski definition) is 0. The molecule has 0 fully saturated rings. The molecule has 3 aromatic rings. The summed E-state index contributed by atoms with van der Waals surface area (Å²) in [5.41, 5.74) is 2.41. The van der Waals surface area contributed by atoms with Crippen LogP contribution >= 0.6 is 0 Å². The second kappa shape index (κ2) is 5.64.